The lowest BCUT2D eigenvalue weighted by Crippen LogP contribution is -2.34. The van der Waals surface area contributed by atoms with Crippen molar-refractivity contribution in [1.29, 1.82) is 0 Å². The van der Waals surface area contributed by atoms with Crippen molar-refractivity contribution in [2.75, 3.05) is 18.0 Å². The normalized spacial score (nSPS) is 17.4. The summed E-state index contributed by atoms with van der Waals surface area (Å²) in [5.41, 5.74) is 2.38. The van der Waals surface area contributed by atoms with Crippen LogP contribution in [0.25, 0.3) is 0 Å². The first kappa shape index (κ1) is 18.3. The Balaban J connectivity index is 1.65. The predicted octanol–water partition coefficient (Wildman–Crippen LogP) is 2.75. The number of carbonyl (C=O) groups excluding carboxylic acids is 1. The van der Waals surface area contributed by atoms with E-state index >= 15 is 0 Å². The van der Waals surface area contributed by atoms with Crippen molar-refractivity contribution in [2.24, 2.45) is 0 Å². The van der Waals surface area contributed by atoms with Gasteiger partial charge in [0.1, 0.15) is 11.9 Å². The Kier molecular flexibility index (Phi) is 4.97. The minimum absolute atomic E-state index is 0.0430. The van der Waals surface area contributed by atoms with E-state index < -0.39 is 28.0 Å². The van der Waals surface area contributed by atoms with Gasteiger partial charge >= 0.3 is 6.09 Å². The molecule has 8 heteroatoms. The van der Waals surface area contributed by atoms with Gasteiger partial charge in [0.2, 0.25) is 10.0 Å². The molecule has 1 unspecified atom stereocenters. The molecule has 0 bridgehead atoms. The lowest BCUT2D eigenvalue weighted by molar-refractivity contribution is 0.143. The van der Waals surface area contributed by atoms with Gasteiger partial charge in [0, 0.05) is 12.2 Å². The quantitative estimate of drug-likeness (QED) is 0.868. The highest BCUT2D eigenvalue weighted by atomic mass is 32.2. The van der Waals surface area contributed by atoms with Crippen molar-refractivity contribution >= 4 is 21.8 Å². The molecule has 0 aromatic heterocycles. The van der Waals surface area contributed by atoms with Gasteiger partial charge in [-0.25, -0.2) is 22.3 Å². The molecule has 1 fully saturated rings. The van der Waals surface area contributed by atoms with Crippen molar-refractivity contribution in [1.82, 2.24) is 4.72 Å². The highest BCUT2D eigenvalue weighted by Gasteiger charge is 2.33. The second kappa shape index (κ2) is 7.05. The number of aryl methyl sites for hydroxylation is 2. The Bertz CT molecular complexity index is 929. The van der Waals surface area contributed by atoms with Crippen molar-refractivity contribution in [3.8, 4) is 0 Å². The smallest absolute Gasteiger partial charge is 0.414 e. The van der Waals surface area contributed by atoms with Crippen LogP contribution >= 0.6 is 0 Å². The fourth-order valence-corrected chi connectivity index (χ4v) is 3.78. The first-order valence-electron chi connectivity index (χ1n) is 8.07. The summed E-state index contributed by atoms with van der Waals surface area (Å²) in [4.78, 5) is 13.5. The minimum Gasteiger partial charge on any atom is -0.443 e. The number of hydrogen-bond donors (Lipinski definition) is 1. The fourth-order valence-electron chi connectivity index (χ4n) is 2.63. The highest BCUT2D eigenvalue weighted by molar-refractivity contribution is 7.89. The molecular formula is C18H19FN2O4S. The van der Waals surface area contributed by atoms with Gasteiger partial charge < -0.3 is 4.74 Å². The molecule has 0 radical (unpaired) electrons. The summed E-state index contributed by atoms with van der Waals surface area (Å²) in [6.45, 7) is 3.88. The topological polar surface area (TPSA) is 75.7 Å². The molecule has 2 aromatic carbocycles. The minimum atomic E-state index is -3.70. The Morgan fingerprint density at radius 1 is 1.15 bits per heavy atom. The number of amides is 1. The zero-order valence-electron chi connectivity index (χ0n) is 14.4. The van der Waals surface area contributed by atoms with E-state index in [1.807, 2.05) is 13.8 Å². The van der Waals surface area contributed by atoms with E-state index in [0.29, 0.717) is 5.69 Å². The molecular weight excluding hydrogens is 359 g/mol. The summed E-state index contributed by atoms with van der Waals surface area (Å²) in [6, 6.07) is 10.3. The maximum absolute atomic E-state index is 13.0. The molecule has 26 heavy (non-hydrogen) atoms. The van der Waals surface area contributed by atoms with Crippen molar-refractivity contribution in [3.05, 3.63) is 59.4 Å². The van der Waals surface area contributed by atoms with Crippen LogP contribution in [0, 0.1) is 19.7 Å². The predicted molar refractivity (Wildman–Crippen MR) is 95.1 cm³/mol. The van der Waals surface area contributed by atoms with Crippen LogP contribution in [-0.2, 0) is 14.8 Å². The Hall–Kier alpha value is -2.45. The van der Waals surface area contributed by atoms with E-state index in [9.17, 15) is 17.6 Å². The average Bonchev–Trinajstić information content (AvgIpc) is 2.97. The van der Waals surface area contributed by atoms with Crippen LogP contribution in [0.5, 0.6) is 0 Å². The number of halogens is 1. The molecule has 1 aliphatic rings. The molecule has 1 atom stereocenters. The third-order valence-electron chi connectivity index (χ3n) is 4.30. The molecule has 0 spiro atoms. The summed E-state index contributed by atoms with van der Waals surface area (Å²) >= 11 is 0. The largest absolute Gasteiger partial charge is 0.443 e. The maximum atomic E-state index is 13.0. The van der Waals surface area contributed by atoms with Crippen molar-refractivity contribution < 1.29 is 22.3 Å². The summed E-state index contributed by atoms with van der Waals surface area (Å²) in [5, 5.41) is 0. The Labute approximate surface area is 151 Å². The molecule has 1 N–H and O–H groups in total. The lowest BCUT2D eigenvalue weighted by Gasteiger charge is -2.13. The van der Waals surface area contributed by atoms with E-state index in [2.05, 4.69) is 4.72 Å². The molecule has 1 saturated heterocycles. The Morgan fingerprint density at radius 3 is 2.50 bits per heavy atom. The van der Waals surface area contributed by atoms with Crippen LogP contribution in [0.1, 0.15) is 11.1 Å². The van der Waals surface area contributed by atoms with E-state index in [4.69, 9.17) is 4.74 Å². The molecule has 0 aliphatic carbocycles. The first-order chi connectivity index (χ1) is 12.3. The second-order valence-corrected chi connectivity index (χ2v) is 7.96. The van der Waals surface area contributed by atoms with Gasteiger partial charge in [0.15, 0.2) is 0 Å². The fraction of sp³-hybridized carbons (Fsp3) is 0.278. The zero-order valence-corrected chi connectivity index (χ0v) is 15.2. The number of nitrogens with one attached hydrogen (secondary N) is 1. The summed E-state index contributed by atoms with van der Waals surface area (Å²) in [7, 11) is -3.70. The van der Waals surface area contributed by atoms with Gasteiger partial charge in [-0.2, -0.15) is 0 Å². The van der Waals surface area contributed by atoms with Crippen LogP contribution in [0.2, 0.25) is 0 Å². The van der Waals surface area contributed by atoms with Gasteiger partial charge in [-0.05, 0) is 61.4 Å². The van der Waals surface area contributed by atoms with Crippen molar-refractivity contribution in [2.45, 2.75) is 24.8 Å². The maximum Gasteiger partial charge on any atom is 0.414 e. The summed E-state index contributed by atoms with van der Waals surface area (Å²) < 4.78 is 45.5. The number of nitrogens with zero attached hydrogens (tertiary/aromatic N) is 1. The molecule has 1 heterocycles. The van der Waals surface area contributed by atoms with Crippen molar-refractivity contribution in [3.63, 3.8) is 0 Å². The second-order valence-electron chi connectivity index (χ2n) is 6.19. The van der Waals surface area contributed by atoms with Gasteiger partial charge in [-0.3, -0.25) is 4.90 Å². The lowest BCUT2D eigenvalue weighted by atomic mass is 10.1. The summed E-state index contributed by atoms with van der Waals surface area (Å²) in [6.07, 6.45) is -1.22. The van der Waals surface area contributed by atoms with Crippen LogP contribution in [0.15, 0.2) is 47.4 Å². The van der Waals surface area contributed by atoms with Gasteiger partial charge in [-0.1, -0.05) is 6.07 Å². The Morgan fingerprint density at radius 2 is 1.85 bits per heavy atom. The number of carbonyl (C=O) groups is 1. The third-order valence-corrected chi connectivity index (χ3v) is 5.72. The molecule has 138 valence electrons. The number of anilines is 1. The number of rotatable bonds is 5. The number of benzene rings is 2. The summed E-state index contributed by atoms with van der Waals surface area (Å²) in [5.74, 6) is -0.404. The SMILES string of the molecule is Cc1ccc(S(=O)(=O)NCC2CN(c3ccc(F)cc3)C(=O)O2)cc1C. The number of ether oxygens (including phenoxy) is 1. The van der Waals surface area contributed by atoms with Gasteiger partial charge in [0.25, 0.3) is 0 Å². The highest BCUT2D eigenvalue weighted by Crippen LogP contribution is 2.22. The van der Waals surface area contributed by atoms with Gasteiger partial charge in [-0.15, -0.1) is 0 Å². The number of cyclic esters (lactones) is 1. The average molecular weight is 378 g/mol. The first-order valence-corrected chi connectivity index (χ1v) is 9.55. The number of sulfonamides is 1. The molecule has 0 saturated carbocycles. The number of hydrogen-bond acceptors (Lipinski definition) is 4. The van der Waals surface area contributed by atoms with E-state index in [0.717, 1.165) is 11.1 Å². The molecule has 1 amide bonds. The molecule has 1 aliphatic heterocycles. The van der Waals surface area contributed by atoms with Crippen LogP contribution in [0.3, 0.4) is 0 Å². The standard InChI is InChI=1S/C18H19FN2O4S/c1-12-3-8-17(9-13(12)2)26(23,24)20-10-16-11-21(18(22)25-16)15-6-4-14(19)5-7-15/h3-9,16,20H,10-11H2,1-2H3. The zero-order chi connectivity index (χ0) is 18.9. The molecule has 2 aromatic rings. The molecule has 3 rings (SSSR count). The van der Waals surface area contributed by atoms with Crippen LogP contribution in [-0.4, -0.2) is 33.7 Å². The van der Waals surface area contributed by atoms with Crippen LogP contribution in [0.4, 0.5) is 14.9 Å². The van der Waals surface area contributed by atoms with E-state index in [1.54, 1.807) is 12.1 Å². The van der Waals surface area contributed by atoms with Gasteiger partial charge in [0.05, 0.1) is 11.4 Å². The third kappa shape index (κ3) is 3.86. The van der Waals surface area contributed by atoms with E-state index in [-0.39, 0.29) is 18.0 Å². The van der Waals surface area contributed by atoms with Crippen LogP contribution < -0.4 is 9.62 Å². The monoisotopic (exact) mass is 378 g/mol. The van der Waals surface area contributed by atoms with E-state index in [1.165, 1.54) is 35.2 Å². The molecule has 6 nitrogen and oxygen atoms in total.